The van der Waals surface area contributed by atoms with Crippen LogP contribution in [0.1, 0.15) is 11.4 Å². The first-order valence-electron chi connectivity index (χ1n) is 7.31. The monoisotopic (exact) mass is 385 g/mol. The number of nitrogen functional groups attached to an aromatic ring is 1. The van der Waals surface area contributed by atoms with Gasteiger partial charge in [-0.25, -0.2) is 0 Å². The Balaban J connectivity index is 1.74. The summed E-state index contributed by atoms with van der Waals surface area (Å²) in [6.07, 6.45) is 0. The van der Waals surface area contributed by atoms with Crippen molar-refractivity contribution >= 4 is 33.5 Å². The fourth-order valence-corrected chi connectivity index (χ4v) is 2.68. The van der Waals surface area contributed by atoms with Gasteiger partial charge in [-0.05, 0) is 52.7 Å². The summed E-state index contributed by atoms with van der Waals surface area (Å²) in [6.45, 7) is 2.21. The van der Waals surface area contributed by atoms with Crippen molar-refractivity contribution in [2.75, 3.05) is 11.1 Å². The number of halogens is 1. The van der Waals surface area contributed by atoms with Crippen molar-refractivity contribution in [3.05, 3.63) is 64.4 Å². The summed E-state index contributed by atoms with van der Waals surface area (Å²) in [5, 5.41) is 3.10. The Morgan fingerprint density at radius 3 is 2.62 bits per heavy atom. The highest BCUT2D eigenvalue weighted by molar-refractivity contribution is 9.10. The molecule has 0 amide bonds. The Kier molecular flexibility index (Phi) is 4.90. The molecule has 24 heavy (non-hydrogen) atoms. The standard InChI is InChI=1S/C17H16BrN5O/c1-11-7-8-14(13(18)9-11)24-10-15-21-16(19)23-17(22-15)20-12-5-3-2-4-6-12/h2-9H,10H2,1H3,(H3,19,20,21,22,23). The lowest BCUT2D eigenvalue weighted by Gasteiger charge is -2.10. The van der Waals surface area contributed by atoms with Gasteiger partial charge in [0.05, 0.1) is 4.47 Å². The molecule has 0 fully saturated rings. The molecule has 0 spiro atoms. The van der Waals surface area contributed by atoms with Gasteiger partial charge in [-0.3, -0.25) is 0 Å². The molecule has 0 bridgehead atoms. The molecular weight excluding hydrogens is 370 g/mol. The Morgan fingerprint density at radius 2 is 1.88 bits per heavy atom. The predicted octanol–water partition coefficient (Wildman–Crippen LogP) is 3.85. The molecule has 0 unspecified atom stereocenters. The van der Waals surface area contributed by atoms with Crippen molar-refractivity contribution in [2.24, 2.45) is 0 Å². The Hall–Kier alpha value is -2.67. The highest BCUT2D eigenvalue weighted by Gasteiger charge is 2.07. The molecule has 0 saturated heterocycles. The Morgan fingerprint density at radius 1 is 1.08 bits per heavy atom. The van der Waals surface area contributed by atoms with E-state index in [0.29, 0.717) is 11.8 Å². The quantitative estimate of drug-likeness (QED) is 0.693. The number of benzene rings is 2. The molecular formula is C17H16BrN5O. The van der Waals surface area contributed by atoms with Crippen LogP contribution in [-0.2, 0) is 6.61 Å². The lowest BCUT2D eigenvalue weighted by molar-refractivity contribution is 0.294. The predicted molar refractivity (Wildman–Crippen MR) is 97.2 cm³/mol. The number of nitrogens with one attached hydrogen (secondary N) is 1. The van der Waals surface area contributed by atoms with E-state index in [1.165, 1.54) is 0 Å². The average molecular weight is 386 g/mol. The van der Waals surface area contributed by atoms with Crippen molar-refractivity contribution in [1.82, 2.24) is 15.0 Å². The van der Waals surface area contributed by atoms with E-state index in [1.807, 2.05) is 55.5 Å². The minimum absolute atomic E-state index is 0.144. The largest absolute Gasteiger partial charge is 0.484 e. The zero-order chi connectivity index (χ0) is 16.9. The SMILES string of the molecule is Cc1ccc(OCc2nc(N)nc(Nc3ccccc3)n2)c(Br)c1. The van der Waals surface area contributed by atoms with Crippen LogP contribution in [0.5, 0.6) is 5.75 Å². The first-order chi connectivity index (χ1) is 11.6. The van der Waals surface area contributed by atoms with Gasteiger partial charge in [0.15, 0.2) is 5.82 Å². The number of rotatable bonds is 5. The van der Waals surface area contributed by atoms with E-state index in [1.54, 1.807) is 0 Å². The number of aryl methyl sites for hydroxylation is 1. The maximum absolute atomic E-state index is 5.76. The molecule has 122 valence electrons. The molecule has 3 rings (SSSR count). The highest BCUT2D eigenvalue weighted by atomic mass is 79.9. The van der Waals surface area contributed by atoms with Crippen molar-refractivity contribution in [2.45, 2.75) is 13.5 Å². The highest BCUT2D eigenvalue weighted by Crippen LogP contribution is 2.26. The summed E-state index contributed by atoms with van der Waals surface area (Å²) < 4.78 is 6.64. The second-order valence-corrected chi connectivity index (χ2v) is 6.00. The van der Waals surface area contributed by atoms with Crippen molar-refractivity contribution < 1.29 is 4.74 Å². The second-order valence-electron chi connectivity index (χ2n) is 5.15. The number of hydrogen-bond donors (Lipinski definition) is 2. The van der Waals surface area contributed by atoms with E-state index in [-0.39, 0.29) is 12.6 Å². The molecule has 2 aromatic carbocycles. The number of hydrogen-bond acceptors (Lipinski definition) is 6. The zero-order valence-corrected chi connectivity index (χ0v) is 14.6. The van der Waals surface area contributed by atoms with Crippen LogP contribution in [0.3, 0.4) is 0 Å². The molecule has 0 aliphatic carbocycles. The third kappa shape index (κ3) is 4.20. The third-order valence-corrected chi connectivity index (χ3v) is 3.79. The van der Waals surface area contributed by atoms with Crippen LogP contribution in [0.25, 0.3) is 0 Å². The molecule has 0 saturated carbocycles. The lowest BCUT2D eigenvalue weighted by atomic mass is 10.2. The van der Waals surface area contributed by atoms with Crippen molar-refractivity contribution in [3.8, 4) is 5.75 Å². The van der Waals surface area contributed by atoms with Gasteiger partial charge < -0.3 is 15.8 Å². The van der Waals surface area contributed by atoms with Gasteiger partial charge in [-0.1, -0.05) is 24.3 Å². The molecule has 0 aliphatic heterocycles. The molecule has 1 aromatic heterocycles. The third-order valence-electron chi connectivity index (χ3n) is 3.17. The lowest BCUT2D eigenvalue weighted by Crippen LogP contribution is -2.09. The molecule has 3 aromatic rings. The number of aromatic nitrogens is 3. The Labute approximate surface area is 148 Å². The van der Waals surface area contributed by atoms with Gasteiger partial charge in [0.1, 0.15) is 12.4 Å². The van der Waals surface area contributed by atoms with Gasteiger partial charge in [0.2, 0.25) is 11.9 Å². The summed E-state index contributed by atoms with van der Waals surface area (Å²) in [5.74, 6) is 1.70. The summed E-state index contributed by atoms with van der Waals surface area (Å²) in [4.78, 5) is 12.5. The van der Waals surface area contributed by atoms with Crippen molar-refractivity contribution in [1.29, 1.82) is 0 Å². The summed E-state index contributed by atoms with van der Waals surface area (Å²) >= 11 is 3.48. The van der Waals surface area contributed by atoms with Gasteiger partial charge >= 0.3 is 0 Å². The van der Waals surface area contributed by atoms with Crippen LogP contribution in [0.2, 0.25) is 0 Å². The second kappa shape index (κ2) is 7.27. The van der Waals surface area contributed by atoms with E-state index in [0.717, 1.165) is 21.5 Å². The smallest absolute Gasteiger partial charge is 0.232 e. The first kappa shape index (κ1) is 16.2. The van der Waals surface area contributed by atoms with Gasteiger partial charge in [0, 0.05) is 5.69 Å². The molecule has 3 N–H and O–H groups in total. The first-order valence-corrected chi connectivity index (χ1v) is 8.11. The van der Waals surface area contributed by atoms with Gasteiger partial charge in [-0.15, -0.1) is 0 Å². The average Bonchev–Trinajstić information content (AvgIpc) is 2.54. The van der Waals surface area contributed by atoms with Crippen LogP contribution in [0.4, 0.5) is 17.6 Å². The van der Waals surface area contributed by atoms with Crippen LogP contribution < -0.4 is 15.8 Å². The van der Waals surface area contributed by atoms with Crippen molar-refractivity contribution in [3.63, 3.8) is 0 Å². The molecule has 0 radical (unpaired) electrons. The minimum atomic E-state index is 0.144. The minimum Gasteiger partial charge on any atom is -0.484 e. The molecule has 7 heteroatoms. The van der Waals surface area contributed by atoms with E-state index in [4.69, 9.17) is 10.5 Å². The van der Waals surface area contributed by atoms with E-state index in [2.05, 4.69) is 36.2 Å². The Bertz CT molecular complexity index is 842. The van der Waals surface area contributed by atoms with Crippen LogP contribution >= 0.6 is 15.9 Å². The van der Waals surface area contributed by atoms with Gasteiger partial charge in [-0.2, -0.15) is 15.0 Å². The van der Waals surface area contributed by atoms with Crippen LogP contribution in [0.15, 0.2) is 53.0 Å². The fourth-order valence-electron chi connectivity index (χ4n) is 2.07. The number of para-hydroxylation sites is 1. The van der Waals surface area contributed by atoms with E-state index >= 15 is 0 Å². The maximum Gasteiger partial charge on any atom is 0.232 e. The molecule has 0 atom stereocenters. The van der Waals surface area contributed by atoms with E-state index in [9.17, 15) is 0 Å². The topological polar surface area (TPSA) is 86.0 Å². The summed E-state index contributed by atoms with van der Waals surface area (Å²) in [5.41, 5.74) is 7.78. The van der Waals surface area contributed by atoms with Gasteiger partial charge in [0.25, 0.3) is 0 Å². The number of ether oxygens (including phenoxy) is 1. The van der Waals surface area contributed by atoms with E-state index < -0.39 is 0 Å². The zero-order valence-electron chi connectivity index (χ0n) is 13.0. The maximum atomic E-state index is 5.76. The normalized spacial score (nSPS) is 10.4. The molecule has 0 aliphatic rings. The summed E-state index contributed by atoms with van der Waals surface area (Å²) in [7, 11) is 0. The molecule has 6 nitrogen and oxygen atoms in total. The number of anilines is 3. The van der Waals surface area contributed by atoms with Crippen LogP contribution in [-0.4, -0.2) is 15.0 Å². The number of nitrogens with two attached hydrogens (primary N) is 1. The number of nitrogens with zero attached hydrogens (tertiary/aromatic N) is 3. The summed E-state index contributed by atoms with van der Waals surface area (Å²) in [6, 6.07) is 15.5. The fraction of sp³-hybridized carbons (Fsp3) is 0.118. The van der Waals surface area contributed by atoms with Crippen LogP contribution in [0, 0.1) is 6.92 Å². The molecule has 1 heterocycles.